The Morgan fingerprint density at radius 3 is 2.43 bits per heavy atom. The van der Waals surface area contributed by atoms with E-state index in [0.717, 1.165) is 42.4 Å². The van der Waals surface area contributed by atoms with E-state index in [1.165, 1.54) is 12.1 Å². The number of nitrogens with one attached hydrogen (secondary N) is 1. The number of amides is 1. The number of aromatic nitrogens is 4. The average molecular weight is 643 g/mol. The second-order valence-electron chi connectivity index (χ2n) is 12.0. The van der Waals surface area contributed by atoms with Crippen molar-refractivity contribution in [3.8, 4) is 22.9 Å². The van der Waals surface area contributed by atoms with Gasteiger partial charge in [-0.3, -0.25) is 4.79 Å². The van der Waals surface area contributed by atoms with Crippen LogP contribution in [0.15, 0.2) is 65.8 Å². The van der Waals surface area contributed by atoms with E-state index < -0.39 is 16.1 Å². The molecule has 1 aliphatic carbocycles. The minimum atomic E-state index is -4.16. The maximum Gasteiger partial charge on any atom is 0.264 e. The van der Waals surface area contributed by atoms with Crippen LogP contribution in [0, 0.1) is 19.8 Å². The van der Waals surface area contributed by atoms with E-state index in [1.807, 2.05) is 32.0 Å². The summed E-state index contributed by atoms with van der Waals surface area (Å²) in [5.41, 5.74) is 3.54. The Labute approximate surface area is 269 Å². The summed E-state index contributed by atoms with van der Waals surface area (Å²) in [6.07, 6.45) is 7.41. The van der Waals surface area contributed by atoms with Crippen molar-refractivity contribution < 1.29 is 22.7 Å². The number of ether oxygens (including phenoxy) is 2. The number of hydrogen-bond donors (Lipinski definition) is 1. The maximum absolute atomic E-state index is 14.3. The molecule has 3 heterocycles. The van der Waals surface area contributed by atoms with Crippen molar-refractivity contribution in [2.45, 2.75) is 77.0 Å². The number of sulfonamides is 1. The smallest absolute Gasteiger partial charge is 0.264 e. The predicted molar refractivity (Wildman–Crippen MR) is 173 cm³/mol. The molecule has 1 aliphatic heterocycles. The zero-order chi connectivity index (χ0) is 32.4. The third-order valence-corrected chi connectivity index (χ3v) is 10.1. The lowest BCUT2D eigenvalue weighted by atomic mass is 9.96. The fourth-order valence-corrected chi connectivity index (χ4v) is 6.68. The molecule has 1 N–H and O–H groups in total. The van der Waals surface area contributed by atoms with Crippen LogP contribution in [0.25, 0.3) is 11.3 Å². The largest absolute Gasteiger partial charge is 0.487 e. The van der Waals surface area contributed by atoms with Crippen molar-refractivity contribution in [1.29, 1.82) is 0 Å². The van der Waals surface area contributed by atoms with Crippen molar-refractivity contribution in [2.75, 3.05) is 11.3 Å². The number of rotatable bonds is 7. The summed E-state index contributed by atoms with van der Waals surface area (Å²) in [4.78, 5) is 33.9. The van der Waals surface area contributed by atoms with Crippen LogP contribution < -0.4 is 14.2 Å². The molecule has 6 rings (SSSR count). The first-order valence-electron chi connectivity index (χ1n) is 15.6. The van der Waals surface area contributed by atoms with E-state index >= 15 is 0 Å². The highest BCUT2D eigenvalue weighted by molar-refractivity contribution is 7.92. The lowest BCUT2D eigenvalue weighted by Gasteiger charge is -2.35. The van der Waals surface area contributed by atoms with Crippen LogP contribution in [0.5, 0.6) is 11.6 Å². The van der Waals surface area contributed by atoms with Gasteiger partial charge in [0.2, 0.25) is 11.8 Å². The van der Waals surface area contributed by atoms with Gasteiger partial charge < -0.3 is 14.4 Å². The topological polar surface area (TPSA) is 136 Å². The van der Waals surface area contributed by atoms with E-state index in [-0.39, 0.29) is 53.4 Å². The number of carbonyl (C=O) groups is 1. The van der Waals surface area contributed by atoms with Gasteiger partial charge in [0.05, 0.1) is 41.7 Å². The SMILES string of the molecule is CC[C@H](C)[C@@H]1COc2cc(-c3c(C)cccc3C)nc(n2)NS(=O)(=O)c2cccc(c2)C(=O)N1Cc1ncc(OC2CCC2)cn1. The van der Waals surface area contributed by atoms with Crippen LogP contribution in [-0.2, 0) is 16.6 Å². The fraction of sp³-hybridized carbons (Fsp3) is 0.382. The lowest BCUT2D eigenvalue weighted by Crippen LogP contribution is -2.47. The number of aryl methyl sites for hydroxylation is 2. The fourth-order valence-electron chi connectivity index (χ4n) is 5.70. The van der Waals surface area contributed by atoms with E-state index in [0.29, 0.717) is 17.3 Å². The number of carbonyl (C=O) groups excluding carboxylic acids is 1. The van der Waals surface area contributed by atoms with Crippen LogP contribution in [-0.4, -0.2) is 57.9 Å². The minimum Gasteiger partial charge on any atom is -0.487 e. The number of hydrogen-bond acceptors (Lipinski definition) is 9. The van der Waals surface area contributed by atoms with Gasteiger partial charge in [0.1, 0.15) is 12.4 Å². The van der Waals surface area contributed by atoms with Crippen LogP contribution in [0.2, 0.25) is 0 Å². The quantitative estimate of drug-likeness (QED) is 0.268. The molecule has 2 atom stereocenters. The van der Waals surface area contributed by atoms with Gasteiger partial charge in [-0.05, 0) is 68.4 Å². The molecule has 0 unspecified atom stereocenters. The molecule has 46 heavy (non-hydrogen) atoms. The van der Waals surface area contributed by atoms with E-state index in [1.54, 1.807) is 35.5 Å². The van der Waals surface area contributed by atoms with Gasteiger partial charge in [0, 0.05) is 17.2 Å². The second-order valence-corrected chi connectivity index (χ2v) is 13.7. The van der Waals surface area contributed by atoms with Gasteiger partial charge in [-0.1, -0.05) is 44.5 Å². The molecule has 4 aromatic rings. The molecule has 2 aliphatic rings. The molecular formula is C34H38N6O5S. The van der Waals surface area contributed by atoms with Crippen molar-refractivity contribution in [3.63, 3.8) is 0 Å². The Morgan fingerprint density at radius 2 is 1.76 bits per heavy atom. The molecule has 1 fully saturated rings. The monoisotopic (exact) mass is 642 g/mol. The first-order valence-corrected chi connectivity index (χ1v) is 17.1. The maximum atomic E-state index is 14.3. The Bertz CT molecular complexity index is 1830. The molecule has 0 radical (unpaired) electrons. The summed E-state index contributed by atoms with van der Waals surface area (Å²) in [6, 6.07) is 13.1. The Morgan fingerprint density at radius 1 is 1.04 bits per heavy atom. The number of benzene rings is 2. The molecular weight excluding hydrogens is 604 g/mol. The highest BCUT2D eigenvalue weighted by Crippen LogP contribution is 2.31. The molecule has 12 heteroatoms. The van der Waals surface area contributed by atoms with E-state index in [9.17, 15) is 13.2 Å². The number of anilines is 1. The highest BCUT2D eigenvalue weighted by atomic mass is 32.2. The summed E-state index contributed by atoms with van der Waals surface area (Å²) < 4.78 is 41.9. The average Bonchev–Trinajstić information content (AvgIpc) is 3.02. The standard InChI is InChI=1S/C34H38N6O5S/c1-5-21(2)29-20-44-31-16-28(32-22(3)9-6-10-23(32)4)37-34(38-31)39-46(42,43)27-14-7-11-24(15-27)33(41)40(29)19-30-35-17-26(18-36-30)45-25-12-8-13-25/h6-7,9-11,14-18,21,25,29H,5,8,12-13,19-20H2,1-4H3,(H,37,38,39)/t21-,29-/m0/s1. The van der Waals surface area contributed by atoms with Crippen molar-refractivity contribution >= 4 is 21.9 Å². The summed E-state index contributed by atoms with van der Waals surface area (Å²) in [5.74, 6) is 0.721. The molecule has 2 aromatic heterocycles. The first kappa shape index (κ1) is 31.4. The molecule has 1 amide bonds. The van der Waals surface area contributed by atoms with Gasteiger partial charge in [-0.25, -0.2) is 28.1 Å². The van der Waals surface area contributed by atoms with Crippen molar-refractivity contribution in [2.24, 2.45) is 5.92 Å². The summed E-state index contributed by atoms with van der Waals surface area (Å²) >= 11 is 0. The zero-order valence-corrected chi connectivity index (χ0v) is 27.3. The van der Waals surface area contributed by atoms with Gasteiger partial charge >= 0.3 is 0 Å². The van der Waals surface area contributed by atoms with Gasteiger partial charge in [-0.2, -0.15) is 4.98 Å². The third-order valence-electron chi connectivity index (χ3n) is 8.77. The molecule has 0 saturated heterocycles. The van der Waals surface area contributed by atoms with E-state index in [4.69, 9.17) is 9.47 Å². The second kappa shape index (κ2) is 13.0. The number of nitrogens with zero attached hydrogens (tertiary/aromatic N) is 5. The normalized spacial score (nSPS) is 18.6. The number of fused-ring (bicyclic) bond motifs is 4. The minimum absolute atomic E-state index is 0.000248. The van der Waals surface area contributed by atoms with Gasteiger partial charge in [0.25, 0.3) is 15.9 Å². The molecule has 2 aromatic carbocycles. The van der Waals surface area contributed by atoms with Crippen LogP contribution in [0.1, 0.15) is 66.8 Å². The summed E-state index contributed by atoms with van der Waals surface area (Å²) in [6.45, 7) is 8.23. The van der Waals surface area contributed by atoms with Crippen LogP contribution in [0.3, 0.4) is 0 Å². The molecule has 0 spiro atoms. The van der Waals surface area contributed by atoms with Crippen molar-refractivity contribution in [3.05, 3.63) is 83.4 Å². The molecule has 11 nitrogen and oxygen atoms in total. The van der Waals surface area contributed by atoms with Crippen molar-refractivity contribution in [1.82, 2.24) is 24.8 Å². The van der Waals surface area contributed by atoms with Gasteiger partial charge in [-0.15, -0.1) is 0 Å². The van der Waals surface area contributed by atoms with Crippen LogP contribution in [0.4, 0.5) is 5.95 Å². The molecule has 240 valence electrons. The molecule has 4 bridgehead atoms. The first-order chi connectivity index (χ1) is 22.1. The summed E-state index contributed by atoms with van der Waals surface area (Å²) in [5, 5.41) is 0. The summed E-state index contributed by atoms with van der Waals surface area (Å²) in [7, 11) is -4.16. The Balaban J connectivity index is 1.43. The Hall–Kier alpha value is -4.58. The zero-order valence-electron chi connectivity index (χ0n) is 26.4. The van der Waals surface area contributed by atoms with E-state index in [2.05, 4.69) is 38.5 Å². The third kappa shape index (κ3) is 6.67. The van der Waals surface area contributed by atoms with Crippen LogP contribution >= 0.6 is 0 Å². The Kier molecular flexibility index (Phi) is 8.90. The highest BCUT2D eigenvalue weighted by Gasteiger charge is 2.32. The molecule has 1 saturated carbocycles. The predicted octanol–water partition coefficient (Wildman–Crippen LogP) is 5.73. The lowest BCUT2D eigenvalue weighted by molar-refractivity contribution is 0.0476. The van der Waals surface area contributed by atoms with Gasteiger partial charge in [0.15, 0.2) is 5.75 Å².